The van der Waals surface area contributed by atoms with Crippen LogP contribution in [0, 0.1) is 0 Å². The summed E-state index contributed by atoms with van der Waals surface area (Å²) < 4.78 is 33.1. The predicted octanol–water partition coefficient (Wildman–Crippen LogP) is 3.82. The molecule has 1 aromatic carbocycles. The number of ether oxygens (including phenoxy) is 1. The molecule has 0 saturated heterocycles. The molecule has 2 N–H and O–H groups in total. The van der Waals surface area contributed by atoms with Crippen LogP contribution in [0.4, 0.5) is 5.69 Å². The van der Waals surface area contributed by atoms with E-state index in [-0.39, 0.29) is 16.8 Å². The Kier molecular flexibility index (Phi) is 6.31. The fourth-order valence-corrected chi connectivity index (χ4v) is 6.08. The fourth-order valence-electron chi connectivity index (χ4n) is 3.45. The summed E-state index contributed by atoms with van der Waals surface area (Å²) in [5.41, 5.74) is 0.780. The van der Waals surface area contributed by atoms with Gasteiger partial charge in [0.25, 0.3) is 5.91 Å². The SMILES string of the molecule is COc1ccc(S(=O)(=O)NC2CC2)cc1NC(=O)c1cccnc1SC1CCCC1. The number of methoxy groups -OCH3 is 1. The molecule has 2 saturated carbocycles. The number of hydrogen-bond donors (Lipinski definition) is 2. The number of sulfonamides is 1. The van der Waals surface area contributed by atoms with Gasteiger partial charge in [-0.05, 0) is 56.0 Å². The van der Waals surface area contributed by atoms with Crippen molar-refractivity contribution < 1.29 is 17.9 Å². The van der Waals surface area contributed by atoms with Gasteiger partial charge in [-0.15, -0.1) is 11.8 Å². The van der Waals surface area contributed by atoms with Gasteiger partial charge in [-0.1, -0.05) is 12.8 Å². The van der Waals surface area contributed by atoms with Crippen LogP contribution in [-0.2, 0) is 10.0 Å². The largest absolute Gasteiger partial charge is 0.495 e. The number of nitrogens with one attached hydrogen (secondary N) is 2. The maximum atomic E-state index is 13.0. The average molecular weight is 448 g/mol. The van der Waals surface area contributed by atoms with Gasteiger partial charge >= 0.3 is 0 Å². The highest BCUT2D eigenvalue weighted by Gasteiger charge is 2.29. The van der Waals surface area contributed by atoms with Gasteiger partial charge < -0.3 is 10.1 Å². The molecule has 1 aromatic heterocycles. The second kappa shape index (κ2) is 8.95. The van der Waals surface area contributed by atoms with Gasteiger partial charge in [0.1, 0.15) is 10.8 Å². The van der Waals surface area contributed by atoms with E-state index in [9.17, 15) is 13.2 Å². The summed E-state index contributed by atoms with van der Waals surface area (Å²) in [6, 6.07) is 7.92. The highest BCUT2D eigenvalue weighted by Crippen LogP contribution is 2.36. The second-order valence-corrected chi connectivity index (χ2v) is 10.6. The standard InChI is InChI=1S/C21H25N3O4S2/c1-28-19-11-10-16(30(26,27)24-14-8-9-14)13-18(19)23-20(25)17-7-4-12-22-21(17)29-15-5-2-3-6-15/h4,7,10-15,24H,2-3,5-6,8-9H2,1H3,(H,23,25). The van der Waals surface area contributed by atoms with Crippen LogP contribution in [0.3, 0.4) is 0 Å². The Labute approximate surface area is 181 Å². The highest BCUT2D eigenvalue weighted by atomic mass is 32.2. The van der Waals surface area contributed by atoms with E-state index in [2.05, 4.69) is 15.0 Å². The van der Waals surface area contributed by atoms with Crippen LogP contribution in [0.1, 0.15) is 48.9 Å². The number of carbonyl (C=O) groups is 1. The van der Waals surface area contributed by atoms with Crippen molar-refractivity contribution in [2.45, 2.75) is 59.7 Å². The van der Waals surface area contributed by atoms with Gasteiger partial charge in [0, 0.05) is 17.5 Å². The Morgan fingerprint density at radius 2 is 1.93 bits per heavy atom. The van der Waals surface area contributed by atoms with Crippen molar-refractivity contribution in [3.05, 3.63) is 42.1 Å². The van der Waals surface area contributed by atoms with E-state index >= 15 is 0 Å². The molecule has 2 aromatic rings. The van der Waals surface area contributed by atoms with Gasteiger partial charge in [-0.3, -0.25) is 4.79 Å². The van der Waals surface area contributed by atoms with Crippen LogP contribution in [0.25, 0.3) is 0 Å². The smallest absolute Gasteiger partial charge is 0.258 e. The first-order chi connectivity index (χ1) is 14.5. The Bertz CT molecular complexity index is 1030. The third-order valence-corrected chi connectivity index (χ3v) is 8.10. The lowest BCUT2D eigenvalue weighted by Gasteiger charge is -2.15. The molecular weight excluding hydrogens is 422 g/mol. The first-order valence-electron chi connectivity index (χ1n) is 10.1. The molecule has 9 heteroatoms. The van der Waals surface area contributed by atoms with Crippen LogP contribution < -0.4 is 14.8 Å². The van der Waals surface area contributed by atoms with E-state index in [0.29, 0.717) is 27.3 Å². The van der Waals surface area contributed by atoms with Crippen molar-refractivity contribution in [1.29, 1.82) is 0 Å². The first-order valence-corrected chi connectivity index (χ1v) is 12.5. The number of amides is 1. The number of thioether (sulfide) groups is 1. The average Bonchev–Trinajstić information content (AvgIpc) is 3.38. The summed E-state index contributed by atoms with van der Waals surface area (Å²) in [6.45, 7) is 0. The zero-order valence-corrected chi connectivity index (χ0v) is 18.4. The van der Waals surface area contributed by atoms with E-state index in [1.165, 1.54) is 32.1 Å². The minimum atomic E-state index is -3.64. The zero-order valence-electron chi connectivity index (χ0n) is 16.8. The van der Waals surface area contributed by atoms with Gasteiger partial charge in [0.15, 0.2) is 0 Å². The van der Waals surface area contributed by atoms with E-state index in [1.54, 1.807) is 36.2 Å². The maximum Gasteiger partial charge on any atom is 0.258 e. The van der Waals surface area contributed by atoms with Crippen LogP contribution >= 0.6 is 11.8 Å². The Hall–Kier alpha value is -2.10. The predicted molar refractivity (Wildman–Crippen MR) is 117 cm³/mol. The topological polar surface area (TPSA) is 97.4 Å². The number of nitrogens with zero attached hydrogens (tertiary/aromatic N) is 1. The lowest BCUT2D eigenvalue weighted by molar-refractivity contribution is 0.102. The number of rotatable bonds is 8. The number of aromatic nitrogens is 1. The van der Waals surface area contributed by atoms with E-state index in [1.807, 2.05) is 0 Å². The van der Waals surface area contributed by atoms with Gasteiger partial charge in [-0.25, -0.2) is 18.1 Å². The van der Waals surface area contributed by atoms with E-state index in [4.69, 9.17) is 4.74 Å². The molecule has 160 valence electrons. The minimum Gasteiger partial charge on any atom is -0.495 e. The molecule has 7 nitrogen and oxygen atoms in total. The summed E-state index contributed by atoms with van der Waals surface area (Å²) in [5, 5.41) is 3.98. The lowest BCUT2D eigenvalue weighted by Crippen LogP contribution is -2.26. The number of benzene rings is 1. The molecule has 2 aliphatic rings. The molecule has 0 spiro atoms. The lowest BCUT2D eigenvalue weighted by atomic mass is 10.2. The second-order valence-electron chi connectivity index (χ2n) is 7.59. The third kappa shape index (κ3) is 4.96. The van der Waals surface area contributed by atoms with Crippen LogP contribution in [-0.4, -0.2) is 37.7 Å². The van der Waals surface area contributed by atoms with Crippen LogP contribution in [0.15, 0.2) is 46.5 Å². The van der Waals surface area contributed by atoms with Crippen molar-refractivity contribution in [3.8, 4) is 5.75 Å². The van der Waals surface area contributed by atoms with Gasteiger partial charge in [-0.2, -0.15) is 0 Å². The Balaban J connectivity index is 1.57. The van der Waals surface area contributed by atoms with Crippen LogP contribution in [0.2, 0.25) is 0 Å². The van der Waals surface area contributed by atoms with Crippen LogP contribution in [0.5, 0.6) is 5.75 Å². The monoisotopic (exact) mass is 447 g/mol. The molecule has 0 bridgehead atoms. The fraction of sp³-hybridized carbons (Fsp3) is 0.429. The summed E-state index contributed by atoms with van der Waals surface area (Å²) in [4.78, 5) is 17.5. The summed E-state index contributed by atoms with van der Waals surface area (Å²) in [7, 11) is -2.16. The van der Waals surface area contributed by atoms with Crippen molar-refractivity contribution in [1.82, 2.24) is 9.71 Å². The normalized spacial score (nSPS) is 17.1. The van der Waals surface area contributed by atoms with Crippen molar-refractivity contribution in [2.75, 3.05) is 12.4 Å². The molecule has 0 unspecified atom stereocenters. The number of hydrogen-bond acceptors (Lipinski definition) is 6. The third-order valence-electron chi connectivity index (χ3n) is 5.22. The van der Waals surface area contributed by atoms with Crippen molar-refractivity contribution >= 4 is 33.4 Å². The summed E-state index contributed by atoms with van der Waals surface area (Å²) in [5.74, 6) is 0.0502. The first kappa shape index (κ1) is 21.1. The zero-order chi connectivity index (χ0) is 21.1. The van der Waals surface area contributed by atoms with E-state index < -0.39 is 10.0 Å². The highest BCUT2D eigenvalue weighted by molar-refractivity contribution is 8.00. The number of anilines is 1. The van der Waals surface area contributed by atoms with Gasteiger partial charge in [0.2, 0.25) is 10.0 Å². The molecule has 0 aliphatic heterocycles. The quantitative estimate of drug-likeness (QED) is 0.639. The van der Waals surface area contributed by atoms with Gasteiger partial charge in [0.05, 0.1) is 23.3 Å². The molecular formula is C21H25N3O4S2. The van der Waals surface area contributed by atoms with Crippen molar-refractivity contribution in [3.63, 3.8) is 0 Å². The maximum absolute atomic E-state index is 13.0. The minimum absolute atomic E-state index is 0.000654. The number of carbonyl (C=O) groups excluding carboxylic acids is 1. The summed E-state index contributed by atoms with van der Waals surface area (Å²) in [6.07, 6.45) is 8.06. The number of pyridine rings is 1. The molecule has 1 amide bonds. The molecule has 30 heavy (non-hydrogen) atoms. The Morgan fingerprint density at radius 3 is 2.63 bits per heavy atom. The van der Waals surface area contributed by atoms with Crippen molar-refractivity contribution in [2.24, 2.45) is 0 Å². The van der Waals surface area contributed by atoms with E-state index in [0.717, 1.165) is 25.7 Å². The molecule has 2 aliphatic carbocycles. The molecule has 0 atom stereocenters. The molecule has 1 heterocycles. The summed E-state index contributed by atoms with van der Waals surface area (Å²) >= 11 is 1.64. The molecule has 4 rings (SSSR count). The Morgan fingerprint density at radius 1 is 1.17 bits per heavy atom. The molecule has 0 radical (unpaired) electrons. The molecule has 2 fully saturated rings.